The van der Waals surface area contributed by atoms with Crippen LogP contribution in [0, 0.1) is 5.92 Å². The van der Waals surface area contributed by atoms with E-state index in [1.165, 1.54) is 12.8 Å². The molecular weight excluding hydrogens is 357 g/mol. The summed E-state index contributed by atoms with van der Waals surface area (Å²) in [6, 6.07) is 0. The SMILES string of the molecule is CN=C(NCCCOC1CCOC1)NCC1CC1.I. The van der Waals surface area contributed by atoms with E-state index in [9.17, 15) is 0 Å². The first-order chi connectivity index (χ1) is 8.88. The number of aliphatic imine (C=N–C) groups is 1. The summed E-state index contributed by atoms with van der Waals surface area (Å²) in [5.41, 5.74) is 0. The number of nitrogens with zero attached hydrogens (tertiary/aromatic N) is 1. The fraction of sp³-hybridized carbons (Fsp3) is 0.923. The van der Waals surface area contributed by atoms with Gasteiger partial charge in [-0.25, -0.2) is 0 Å². The minimum absolute atomic E-state index is 0. The van der Waals surface area contributed by atoms with Gasteiger partial charge in [0.15, 0.2) is 5.96 Å². The molecule has 0 amide bonds. The van der Waals surface area contributed by atoms with Crippen LogP contribution in [0.15, 0.2) is 4.99 Å². The second kappa shape index (κ2) is 9.77. The van der Waals surface area contributed by atoms with E-state index in [1.807, 2.05) is 7.05 Å². The van der Waals surface area contributed by atoms with Crippen molar-refractivity contribution < 1.29 is 9.47 Å². The molecule has 0 aromatic carbocycles. The Labute approximate surface area is 132 Å². The molecule has 112 valence electrons. The van der Waals surface area contributed by atoms with Crippen LogP contribution >= 0.6 is 24.0 Å². The number of rotatable bonds is 7. The molecule has 0 radical (unpaired) electrons. The van der Waals surface area contributed by atoms with Crippen molar-refractivity contribution in [2.75, 3.05) is 40.0 Å². The van der Waals surface area contributed by atoms with Crippen LogP contribution in [-0.4, -0.2) is 52.0 Å². The molecule has 0 aromatic heterocycles. The average molecular weight is 383 g/mol. The summed E-state index contributed by atoms with van der Waals surface area (Å²) in [6.07, 6.45) is 5.08. The van der Waals surface area contributed by atoms with E-state index in [1.54, 1.807) is 0 Å². The van der Waals surface area contributed by atoms with Gasteiger partial charge in [-0.1, -0.05) is 0 Å². The van der Waals surface area contributed by atoms with Crippen LogP contribution in [0.25, 0.3) is 0 Å². The van der Waals surface area contributed by atoms with Gasteiger partial charge in [0.2, 0.25) is 0 Å². The van der Waals surface area contributed by atoms with E-state index >= 15 is 0 Å². The van der Waals surface area contributed by atoms with Crippen LogP contribution < -0.4 is 10.6 Å². The molecule has 1 aliphatic carbocycles. The molecule has 6 heteroatoms. The van der Waals surface area contributed by atoms with E-state index in [0.717, 1.165) is 57.6 Å². The molecule has 1 heterocycles. The summed E-state index contributed by atoms with van der Waals surface area (Å²) in [5, 5.41) is 6.65. The summed E-state index contributed by atoms with van der Waals surface area (Å²) in [7, 11) is 1.81. The van der Waals surface area contributed by atoms with Crippen LogP contribution in [0.3, 0.4) is 0 Å². The summed E-state index contributed by atoms with van der Waals surface area (Å²) in [4.78, 5) is 4.20. The predicted molar refractivity (Wildman–Crippen MR) is 87.3 cm³/mol. The molecule has 1 saturated heterocycles. The third-order valence-electron chi connectivity index (χ3n) is 3.33. The lowest BCUT2D eigenvalue weighted by molar-refractivity contribution is 0.0420. The molecule has 1 atom stereocenters. The smallest absolute Gasteiger partial charge is 0.190 e. The Hall–Kier alpha value is -0.0800. The van der Waals surface area contributed by atoms with Crippen molar-refractivity contribution in [3.05, 3.63) is 0 Å². The van der Waals surface area contributed by atoms with Gasteiger partial charge in [0.05, 0.1) is 12.7 Å². The van der Waals surface area contributed by atoms with E-state index in [-0.39, 0.29) is 24.0 Å². The second-order valence-corrected chi connectivity index (χ2v) is 5.03. The Morgan fingerprint density at radius 2 is 2.16 bits per heavy atom. The molecule has 5 nitrogen and oxygen atoms in total. The molecule has 2 N–H and O–H groups in total. The summed E-state index contributed by atoms with van der Waals surface area (Å²) >= 11 is 0. The zero-order chi connectivity index (χ0) is 12.6. The van der Waals surface area contributed by atoms with E-state index in [4.69, 9.17) is 9.47 Å². The Kier molecular flexibility index (Phi) is 8.72. The van der Waals surface area contributed by atoms with Crippen LogP contribution in [0.2, 0.25) is 0 Å². The van der Waals surface area contributed by atoms with Crippen LogP contribution in [0.4, 0.5) is 0 Å². The number of halogens is 1. The molecule has 1 unspecified atom stereocenters. The topological polar surface area (TPSA) is 54.9 Å². The van der Waals surface area contributed by atoms with Gasteiger partial charge >= 0.3 is 0 Å². The number of hydrogen-bond donors (Lipinski definition) is 2. The number of ether oxygens (including phenoxy) is 2. The van der Waals surface area contributed by atoms with Gasteiger partial charge in [0.25, 0.3) is 0 Å². The predicted octanol–water partition coefficient (Wildman–Crippen LogP) is 1.37. The fourth-order valence-corrected chi connectivity index (χ4v) is 1.96. The van der Waals surface area contributed by atoms with Crippen molar-refractivity contribution in [3.8, 4) is 0 Å². The first-order valence-corrected chi connectivity index (χ1v) is 7.02. The van der Waals surface area contributed by atoms with E-state index < -0.39 is 0 Å². The Bertz CT molecular complexity index is 267. The van der Waals surface area contributed by atoms with Gasteiger partial charge in [-0.05, 0) is 31.6 Å². The average Bonchev–Trinajstić information content (AvgIpc) is 3.07. The molecule has 0 aromatic rings. The summed E-state index contributed by atoms with van der Waals surface area (Å²) in [5.74, 6) is 1.78. The number of nitrogens with one attached hydrogen (secondary N) is 2. The molecule has 0 spiro atoms. The molecular formula is C13H26IN3O2. The largest absolute Gasteiger partial charge is 0.379 e. The second-order valence-electron chi connectivity index (χ2n) is 5.03. The van der Waals surface area contributed by atoms with Crippen molar-refractivity contribution in [2.45, 2.75) is 31.8 Å². The maximum absolute atomic E-state index is 5.70. The van der Waals surface area contributed by atoms with E-state index in [0.29, 0.717) is 6.10 Å². The zero-order valence-corrected chi connectivity index (χ0v) is 14.0. The number of guanidine groups is 1. The minimum atomic E-state index is 0. The highest BCUT2D eigenvalue weighted by atomic mass is 127. The van der Waals surface area contributed by atoms with Crippen molar-refractivity contribution >= 4 is 29.9 Å². The molecule has 1 aliphatic heterocycles. The molecule has 2 rings (SSSR count). The standard InChI is InChI=1S/C13H25N3O2.HI/c1-14-13(16-9-11-3-4-11)15-6-2-7-18-12-5-8-17-10-12;/h11-12H,2-10H2,1H3,(H2,14,15,16);1H. The Morgan fingerprint density at radius 1 is 1.32 bits per heavy atom. The van der Waals surface area contributed by atoms with Crippen LogP contribution in [-0.2, 0) is 9.47 Å². The molecule has 0 bridgehead atoms. The van der Waals surface area contributed by atoms with Crippen LogP contribution in [0.5, 0.6) is 0 Å². The van der Waals surface area contributed by atoms with Gasteiger partial charge in [0, 0.05) is 33.4 Å². The van der Waals surface area contributed by atoms with Gasteiger partial charge in [-0.15, -0.1) is 24.0 Å². The van der Waals surface area contributed by atoms with Gasteiger partial charge in [-0.3, -0.25) is 4.99 Å². The lowest BCUT2D eigenvalue weighted by atomic mass is 10.3. The normalized spacial score (nSPS) is 23.0. The lowest BCUT2D eigenvalue weighted by Gasteiger charge is -2.12. The first-order valence-electron chi connectivity index (χ1n) is 7.02. The van der Waals surface area contributed by atoms with Crippen LogP contribution in [0.1, 0.15) is 25.7 Å². The summed E-state index contributed by atoms with van der Waals surface area (Å²) in [6.45, 7) is 4.35. The third-order valence-corrected chi connectivity index (χ3v) is 3.33. The maximum atomic E-state index is 5.70. The fourth-order valence-electron chi connectivity index (χ4n) is 1.96. The Balaban J connectivity index is 0.00000180. The zero-order valence-electron chi connectivity index (χ0n) is 11.7. The highest BCUT2D eigenvalue weighted by Gasteiger charge is 2.21. The third kappa shape index (κ3) is 7.31. The van der Waals surface area contributed by atoms with Gasteiger partial charge in [-0.2, -0.15) is 0 Å². The summed E-state index contributed by atoms with van der Waals surface area (Å²) < 4.78 is 11.0. The van der Waals surface area contributed by atoms with E-state index in [2.05, 4.69) is 15.6 Å². The minimum Gasteiger partial charge on any atom is -0.379 e. The van der Waals surface area contributed by atoms with Gasteiger partial charge < -0.3 is 20.1 Å². The highest BCUT2D eigenvalue weighted by Crippen LogP contribution is 2.27. The number of hydrogen-bond acceptors (Lipinski definition) is 3. The van der Waals surface area contributed by atoms with Gasteiger partial charge in [0.1, 0.15) is 0 Å². The molecule has 2 aliphatic rings. The van der Waals surface area contributed by atoms with Crippen molar-refractivity contribution in [3.63, 3.8) is 0 Å². The maximum Gasteiger partial charge on any atom is 0.190 e. The first kappa shape index (κ1) is 17.0. The quantitative estimate of drug-likeness (QED) is 0.302. The monoisotopic (exact) mass is 383 g/mol. The molecule has 2 fully saturated rings. The lowest BCUT2D eigenvalue weighted by Crippen LogP contribution is -2.39. The van der Waals surface area contributed by atoms with Crippen molar-refractivity contribution in [1.82, 2.24) is 10.6 Å². The van der Waals surface area contributed by atoms with Crippen molar-refractivity contribution in [2.24, 2.45) is 10.9 Å². The Morgan fingerprint density at radius 3 is 2.79 bits per heavy atom. The highest BCUT2D eigenvalue weighted by molar-refractivity contribution is 14.0. The van der Waals surface area contributed by atoms with Crippen molar-refractivity contribution in [1.29, 1.82) is 0 Å². The molecule has 19 heavy (non-hydrogen) atoms. The molecule has 1 saturated carbocycles.